The standard InChI is InChI=1S/C15H21F2NO3/c1-4-5-13(15(19)20)21-14-11(16)6-10(7-12(14)17)8-18-9(2)3/h6-7,9,13,18H,4-5,8H2,1-3H3,(H,19,20). The third kappa shape index (κ3) is 5.30. The van der Waals surface area contributed by atoms with Gasteiger partial charge in [0.1, 0.15) is 0 Å². The van der Waals surface area contributed by atoms with E-state index in [9.17, 15) is 13.6 Å². The Hall–Kier alpha value is -1.69. The van der Waals surface area contributed by atoms with Gasteiger partial charge in [-0.25, -0.2) is 13.6 Å². The number of rotatable bonds is 8. The molecule has 0 aliphatic carbocycles. The van der Waals surface area contributed by atoms with Crippen LogP contribution in [0.25, 0.3) is 0 Å². The topological polar surface area (TPSA) is 58.6 Å². The first-order valence-corrected chi connectivity index (χ1v) is 6.95. The second kappa shape index (κ2) is 7.93. The minimum Gasteiger partial charge on any atom is -0.479 e. The first-order valence-electron chi connectivity index (χ1n) is 6.95. The SMILES string of the molecule is CCCC(Oc1c(F)cc(CNC(C)C)cc1F)C(=O)O. The molecule has 0 aliphatic rings. The molecule has 0 radical (unpaired) electrons. The molecule has 0 saturated carbocycles. The van der Waals surface area contributed by atoms with E-state index in [4.69, 9.17) is 9.84 Å². The largest absolute Gasteiger partial charge is 0.479 e. The lowest BCUT2D eigenvalue weighted by Gasteiger charge is -2.16. The molecule has 1 unspecified atom stereocenters. The van der Waals surface area contributed by atoms with Crippen molar-refractivity contribution in [2.75, 3.05) is 0 Å². The lowest BCUT2D eigenvalue weighted by molar-refractivity contribution is -0.145. The first kappa shape index (κ1) is 17.4. The third-order valence-corrected chi connectivity index (χ3v) is 2.86. The van der Waals surface area contributed by atoms with Crippen molar-refractivity contribution in [1.82, 2.24) is 5.32 Å². The molecule has 21 heavy (non-hydrogen) atoms. The minimum absolute atomic E-state index is 0.185. The second-order valence-corrected chi connectivity index (χ2v) is 5.16. The number of benzene rings is 1. The van der Waals surface area contributed by atoms with Crippen molar-refractivity contribution in [3.05, 3.63) is 29.3 Å². The molecule has 1 rings (SSSR count). The van der Waals surface area contributed by atoms with Gasteiger partial charge in [-0.15, -0.1) is 0 Å². The van der Waals surface area contributed by atoms with Gasteiger partial charge in [-0.1, -0.05) is 27.2 Å². The Morgan fingerprint density at radius 2 is 1.90 bits per heavy atom. The summed E-state index contributed by atoms with van der Waals surface area (Å²) in [6, 6.07) is 2.49. The van der Waals surface area contributed by atoms with Crippen molar-refractivity contribution in [1.29, 1.82) is 0 Å². The molecule has 4 nitrogen and oxygen atoms in total. The molecule has 0 saturated heterocycles. The van der Waals surface area contributed by atoms with Crippen molar-refractivity contribution >= 4 is 5.97 Å². The molecule has 2 N–H and O–H groups in total. The number of aliphatic carboxylic acids is 1. The van der Waals surface area contributed by atoms with E-state index in [1.54, 1.807) is 6.92 Å². The van der Waals surface area contributed by atoms with Crippen LogP contribution in [0.4, 0.5) is 8.78 Å². The molecule has 1 atom stereocenters. The average molecular weight is 301 g/mol. The van der Waals surface area contributed by atoms with Crippen molar-refractivity contribution in [2.24, 2.45) is 0 Å². The summed E-state index contributed by atoms with van der Waals surface area (Å²) in [6.07, 6.45) is -0.528. The van der Waals surface area contributed by atoms with Gasteiger partial charge < -0.3 is 15.2 Å². The minimum atomic E-state index is -1.25. The fourth-order valence-corrected chi connectivity index (χ4v) is 1.79. The van der Waals surface area contributed by atoms with Crippen LogP contribution in [0.15, 0.2) is 12.1 Å². The Bertz CT molecular complexity index is 469. The van der Waals surface area contributed by atoms with Gasteiger partial charge in [-0.3, -0.25) is 0 Å². The van der Waals surface area contributed by atoms with E-state index in [1.165, 1.54) is 0 Å². The number of hydrogen-bond acceptors (Lipinski definition) is 3. The van der Waals surface area contributed by atoms with Gasteiger partial charge >= 0.3 is 5.97 Å². The molecular formula is C15H21F2NO3. The highest BCUT2D eigenvalue weighted by atomic mass is 19.1. The van der Waals surface area contributed by atoms with Crippen LogP contribution in [0.3, 0.4) is 0 Å². The Morgan fingerprint density at radius 3 is 2.33 bits per heavy atom. The van der Waals surface area contributed by atoms with E-state index in [0.29, 0.717) is 18.5 Å². The van der Waals surface area contributed by atoms with Gasteiger partial charge in [0.25, 0.3) is 0 Å². The highest BCUT2D eigenvalue weighted by Crippen LogP contribution is 2.25. The summed E-state index contributed by atoms with van der Waals surface area (Å²) in [5.74, 6) is -3.65. The fourth-order valence-electron chi connectivity index (χ4n) is 1.79. The smallest absolute Gasteiger partial charge is 0.344 e. The second-order valence-electron chi connectivity index (χ2n) is 5.16. The fraction of sp³-hybridized carbons (Fsp3) is 0.533. The molecule has 0 aliphatic heterocycles. The first-order chi connectivity index (χ1) is 9.85. The van der Waals surface area contributed by atoms with E-state index in [1.807, 2.05) is 13.8 Å². The number of carboxylic acids is 1. The van der Waals surface area contributed by atoms with E-state index in [0.717, 1.165) is 12.1 Å². The Balaban J connectivity index is 2.90. The van der Waals surface area contributed by atoms with Crippen molar-refractivity contribution in [3.8, 4) is 5.75 Å². The van der Waals surface area contributed by atoms with E-state index < -0.39 is 29.5 Å². The molecule has 1 aromatic carbocycles. The summed E-state index contributed by atoms with van der Waals surface area (Å²) in [7, 11) is 0. The Kier molecular flexibility index (Phi) is 6.55. The zero-order chi connectivity index (χ0) is 16.0. The van der Waals surface area contributed by atoms with Crippen LogP contribution in [-0.4, -0.2) is 23.2 Å². The number of hydrogen-bond donors (Lipinski definition) is 2. The van der Waals surface area contributed by atoms with Gasteiger partial charge in [0.2, 0.25) is 0 Å². The molecule has 0 bridgehead atoms. The van der Waals surface area contributed by atoms with Crippen LogP contribution in [0.2, 0.25) is 0 Å². The number of ether oxygens (including phenoxy) is 1. The van der Waals surface area contributed by atoms with E-state index >= 15 is 0 Å². The molecule has 1 aromatic rings. The lowest BCUT2D eigenvalue weighted by Crippen LogP contribution is -2.27. The zero-order valence-electron chi connectivity index (χ0n) is 12.5. The molecule has 6 heteroatoms. The molecular weight excluding hydrogens is 280 g/mol. The Labute approximate surface area is 123 Å². The number of carboxylic acid groups (broad SMARTS) is 1. The summed E-state index contributed by atoms with van der Waals surface area (Å²) >= 11 is 0. The van der Waals surface area contributed by atoms with Crippen LogP contribution in [0, 0.1) is 11.6 Å². The monoisotopic (exact) mass is 301 g/mol. The predicted octanol–water partition coefficient (Wildman–Crippen LogP) is 3.09. The molecule has 0 aromatic heterocycles. The van der Waals surface area contributed by atoms with Crippen LogP contribution >= 0.6 is 0 Å². The van der Waals surface area contributed by atoms with Crippen LogP contribution in [0.1, 0.15) is 39.2 Å². The van der Waals surface area contributed by atoms with Gasteiger partial charge in [0.05, 0.1) is 0 Å². The zero-order valence-corrected chi connectivity index (χ0v) is 12.5. The summed E-state index contributed by atoms with van der Waals surface area (Å²) in [5.41, 5.74) is 0.438. The van der Waals surface area contributed by atoms with Crippen LogP contribution in [0.5, 0.6) is 5.75 Å². The third-order valence-electron chi connectivity index (χ3n) is 2.86. The number of nitrogens with one attached hydrogen (secondary N) is 1. The number of carbonyl (C=O) groups is 1. The number of halogens is 2. The summed E-state index contributed by atoms with van der Waals surface area (Å²) in [4.78, 5) is 11.0. The van der Waals surface area contributed by atoms with Crippen molar-refractivity contribution in [2.45, 2.75) is 52.3 Å². The van der Waals surface area contributed by atoms with Crippen molar-refractivity contribution in [3.63, 3.8) is 0 Å². The Morgan fingerprint density at radius 1 is 1.33 bits per heavy atom. The quantitative estimate of drug-likeness (QED) is 0.774. The van der Waals surface area contributed by atoms with Crippen LogP contribution in [-0.2, 0) is 11.3 Å². The molecule has 0 fully saturated rings. The van der Waals surface area contributed by atoms with E-state index in [2.05, 4.69) is 5.32 Å². The molecule has 0 amide bonds. The maximum absolute atomic E-state index is 13.9. The molecule has 118 valence electrons. The predicted molar refractivity (Wildman–Crippen MR) is 75.3 cm³/mol. The maximum atomic E-state index is 13.9. The van der Waals surface area contributed by atoms with Gasteiger partial charge in [-0.2, -0.15) is 0 Å². The maximum Gasteiger partial charge on any atom is 0.344 e. The van der Waals surface area contributed by atoms with Gasteiger partial charge in [0.15, 0.2) is 23.5 Å². The van der Waals surface area contributed by atoms with Gasteiger partial charge in [0, 0.05) is 12.6 Å². The van der Waals surface area contributed by atoms with E-state index in [-0.39, 0.29) is 12.5 Å². The highest BCUT2D eigenvalue weighted by molar-refractivity contribution is 5.72. The summed E-state index contributed by atoms with van der Waals surface area (Å²) in [5, 5.41) is 12.0. The summed E-state index contributed by atoms with van der Waals surface area (Å²) in [6.45, 7) is 5.94. The van der Waals surface area contributed by atoms with Gasteiger partial charge in [-0.05, 0) is 24.1 Å². The normalized spacial score (nSPS) is 12.5. The summed E-state index contributed by atoms with van der Waals surface area (Å²) < 4.78 is 32.8. The average Bonchev–Trinajstić information content (AvgIpc) is 2.38. The molecule has 0 spiro atoms. The molecule has 0 heterocycles. The lowest BCUT2D eigenvalue weighted by atomic mass is 10.1. The van der Waals surface area contributed by atoms with Crippen LogP contribution < -0.4 is 10.1 Å². The highest BCUT2D eigenvalue weighted by Gasteiger charge is 2.22. The van der Waals surface area contributed by atoms with Crippen molar-refractivity contribution < 1.29 is 23.4 Å².